The summed E-state index contributed by atoms with van der Waals surface area (Å²) in [6, 6.07) is 30.8. The molecule has 1 aliphatic rings. The van der Waals surface area contributed by atoms with E-state index >= 15 is 0 Å². The molecule has 238 valence electrons. The van der Waals surface area contributed by atoms with Crippen LogP contribution in [0.3, 0.4) is 0 Å². The molecule has 3 heterocycles. The van der Waals surface area contributed by atoms with Crippen LogP contribution in [0.4, 0.5) is 4.79 Å². The number of carbonyl (C=O) groups excluding carboxylic acids is 1. The van der Waals surface area contributed by atoms with Gasteiger partial charge in [0.25, 0.3) is 8.32 Å². The molecule has 1 amide bonds. The Kier molecular flexibility index (Phi) is 9.05. The first kappa shape index (κ1) is 32.0. The molecule has 2 atom stereocenters. The maximum Gasteiger partial charge on any atom is 0.410 e. The second-order valence-corrected chi connectivity index (χ2v) is 18.1. The summed E-state index contributed by atoms with van der Waals surface area (Å²) in [7, 11) is -2.82. The highest BCUT2D eigenvalue weighted by Gasteiger charge is 2.51. The maximum absolute atomic E-state index is 14.0. The number of rotatable bonds is 8. The molecule has 1 aliphatic heterocycles. The Morgan fingerprint density at radius 2 is 1.57 bits per heavy atom. The highest BCUT2D eigenvalue weighted by atomic mass is 35.5. The van der Waals surface area contributed by atoms with Gasteiger partial charge >= 0.3 is 6.09 Å². The summed E-state index contributed by atoms with van der Waals surface area (Å²) in [4.78, 5) is 24.9. The smallest absolute Gasteiger partial charge is 0.410 e. The normalized spacial score (nSPS) is 18.9. The molecule has 9 heteroatoms. The van der Waals surface area contributed by atoms with Crippen LogP contribution in [0.2, 0.25) is 10.2 Å². The van der Waals surface area contributed by atoms with Gasteiger partial charge in [-0.05, 0) is 33.8 Å². The van der Waals surface area contributed by atoms with Crippen molar-refractivity contribution in [1.82, 2.24) is 19.3 Å². The number of aromatic nitrogens is 3. The number of ether oxygens (including phenoxy) is 1. The van der Waals surface area contributed by atoms with Crippen LogP contribution in [-0.4, -0.2) is 52.9 Å². The lowest BCUT2D eigenvalue weighted by Gasteiger charge is -2.47. The van der Waals surface area contributed by atoms with Gasteiger partial charge in [-0.25, -0.2) is 14.8 Å². The lowest BCUT2D eigenvalue weighted by Crippen LogP contribution is -2.68. The van der Waals surface area contributed by atoms with E-state index in [0.29, 0.717) is 18.3 Å². The van der Waals surface area contributed by atoms with Gasteiger partial charge in [0, 0.05) is 24.4 Å². The van der Waals surface area contributed by atoms with Crippen molar-refractivity contribution in [3.8, 4) is 0 Å². The van der Waals surface area contributed by atoms with Gasteiger partial charge in [-0.2, -0.15) is 0 Å². The van der Waals surface area contributed by atoms with Gasteiger partial charge in [-0.3, -0.25) is 4.40 Å². The number of hydrogen-bond donors (Lipinski definition) is 0. The van der Waals surface area contributed by atoms with E-state index in [9.17, 15) is 4.79 Å². The predicted octanol–water partition coefficient (Wildman–Crippen LogP) is 7.02. The average molecular weight is 653 g/mol. The molecule has 0 N–H and O–H groups in total. The summed E-state index contributed by atoms with van der Waals surface area (Å²) < 4.78 is 15.3. The third-order valence-corrected chi connectivity index (χ3v) is 14.6. The van der Waals surface area contributed by atoms with Gasteiger partial charge in [-0.1, -0.05) is 130 Å². The van der Waals surface area contributed by atoms with Crippen LogP contribution >= 0.6 is 11.6 Å². The first-order valence-corrected chi connectivity index (χ1v) is 18.1. The largest absolute Gasteiger partial charge is 0.445 e. The molecular formula is C37H41ClN4O3Si. The van der Waals surface area contributed by atoms with E-state index in [1.807, 2.05) is 58.0 Å². The minimum absolute atomic E-state index is 0.181. The SMILES string of the molecule is CC(C)(C)[Si](OC[C@H]1CC[C@](C)(c2ncc3c(Cl)nccn23)CN1C(=O)OCc1ccccc1)(c1ccccc1)c1ccccc1. The van der Waals surface area contributed by atoms with E-state index in [4.69, 9.17) is 25.7 Å². The quantitative estimate of drug-likeness (QED) is 0.169. The van der Waals surface area contributed by atoms with Crippen molar-refractivity contribution in [2.45, 2.75) is 63.6 Å². The molecule has 3 aromatic carbocycles. The molecule has 1 fully saturated rings. The first-order valence-electron chi connectivity index (χ1n) is 15.8. The van der Waals surface area contributed by atoms with Crippen molar-refractivity contribution < 1.29 is 14.0 Å². The second kappa shape index (κ2) is 13.0. The summed E-state index contributed by atoms with van der Waals surface area (Å²) in [6.45, 7) is 9.98. The fourth-order valence-corrected chi connectivity index (χ4v) is 11.7. The Morgan fingerprint density at radius 3 is 2.17 bits per heavy atom. The van der Waals surface area contributed by atoms with Crippen molar-refractivity contribution in [3.63, 3.8) is 0 Å². The lowest BCUT2D eigenvalue weighted by atomic mass is 9.78. The highest BCUT2D eigenvalue weighted by molar-refractivity contribution is 6.99. The zero-order chi connectivity index (χ0) is 32.4. The number of benzene rings is 3. The van der Waals surface area contributed by atoms with Gasteiger partial charge < -0.3 is 14.1 Å². The number of piperidine rings is 1. The minimum Gasteiger partial charge on any atom is -0.445 e. The van der Waals surface area contributed by atoms with Crippen LogP contribution in [0, 0.1) is 0 Å². The number of amides is 1. The standard InChI is InChI=1S/C37H41ClN4O3Si/c1-36(2,3)46(30-16-10-6-11-17-30,31-18-12-7-13-19-31)45-26-29-20-21-37(4,34-40-24-32-33(38)39-22-23-41(32)34)27-42(29)35(43)44-25-28-14-8-5-9-15-28/h5-19,22-24,29H,20-21,25-27H2,1-4H3/t29-,37+/m1/s1. The van der Waals surface area contributed by atoms with Crippen LogP contribution in [0.1, 0.15) is 51.9 Å². The first-order chi connectivity index (χ1) is 22.1. The number of nitrogens with zero attached hydrogens (tertiary/aromatic N) is 4. The Hall–Kier alpha value is -3.98. The summed E-state index contributed by atoms with van der Waals surface area (Å²) in [5.41, 5.74) is 1.24. The molecule has 7 nitrogen and oxygen atoms in total. The fourth-order valence-electron chi connectivity index (χ4n) is 6.92. The molecular weight excluding hydrogens is 612 g/mol. The molecule has 46 heavy (non-hydrogen) atoms. The number of imidazole rings is 1. The predicted molar refractivity (Wildman–Crippen MR) is 185 cm³/mol. The highest BCUT2D eigenvalue weighted by Crippen LogP contribution is 2.40. The molecule has 0 bridgehead atoms. The molecule has 1 saturated heterocycles. The summed E-state index contributed by atoms with van der Waals surface area (Å²) >= 11 is 6.41. The van der Waals surface area contributed by atoms with Crippen LogP contribution in [0.5, 0.6) is 0 Å². The Balaban J connectivity index is 1.34. The molecule has 0 aliphatic carbocycles. The number of halogens is 1. The summed E-state index contributed by atoms with van der Waals surface area (Å²) in [5.74, 6) is 0.846. The minimum atomic E-state index is -2.82. The Bertz CT molecular complexity index is 1740. The third kappa shape index (κ3) is 6.09. The number of carbonyl (C=O) groups is 1. The van der Waals surface area contributed by atoms with E-state index in [2.05, 4.69) is 81.2 Å². The average Bonchev–Trinajstić information content (AvgIpc) is 3.52. The van der Waals surface area contributed by atoms with Gasteiger partial charge in [0.15, 0.2) is 5.15 Å². The van der Waals surface area contributed by atoms with Crippen molar-refractivity contribution >= 4 is 41.9 Å². The van der Waals surface area contributed by atoms with Gasteiger partial charge in [0.05, 0.1) is 18.8 Å². The summed E-state index contributed by atoms with van der Waals surface area (Å²) in [5, 5.41) is 2.64. The molecule has 0 spiro atoms. The zero-order valence-corrected chi connectivity index (χ0v) is 28.7. The molecule has 6 rings (SSSR count). The lowest BCUT2D eigenvalue weighted by molar-refractivity contribution is 0.0312. The van der Waals surface area contributed by atoms with Gasteiger partial charge in [0.1, 0.15) is 17.9 Å². The van der Waals surface area contributed by atoms with Crippen molar-refractivity contribution in [2.24, 2.45) is 0 Å². The fraction of sp³-hybridized carbons (Fsp3) is 0.324. The number of fused-ring (bicyclic) bond motifs is 1. The third-order valence-electron chi connectivity index (χ3n) is 9.29. The molecule has 0 radical (unpaired) electrons. The van der Waals surface area contributed by atoms with Crippen LogP contribution in [0.15, 0.2) is 110 Å². The number of hydrogen-bond acceptors (Lipinski definition) is 5. The number of likely N-dealkylation sites (tertiary alicyclic amines) is 1. The zero-order valence-electron chi connectivity index (χ0n) is 26.9. The molecule has 2 aromatic heterocycles. The molecule has 5 aromatic rings. The van der Waals surface area contributed by atoms with Crippen LogP contribution in [-0.2, 0) is 21.2 Å². The van der Waals surface area contributed by atoms with Crippen molar-refractivity contribution in [3.05, 3.63) is 126 Å². The summed E-state index contributed by atoms with van der Waals surface area (Å²) in [6.07, 6.45) is 6.49. The van der Waals surface area contributed by atoms with Gasteiger partial charge in [-0.15, -0.1) is 0 Å². The van der Waals surface area contributed by atoms with E-state index in [-0.39, 0.29) is 23.8 Å². The van der Waals surface area contributed by atoms with Crippen molar-refractivity contribution in [2.75, 3.05) is 13.2 Å². The van der Waals surface area contributed by atoms with E-state index < -0.39 is 13.7 Å². The van der Waals surface area contributed by atoms with E-state index in [1.165, 1.54) is 10.4 Å². The van der Waals surface area contributed by atoms with Crippen LogP contribution < -0.4 is 10.4 Å². The van der Waals surface area contributed by atoms with E-state index in [1.54, 1.807) is 12.4 Å². The molecule has 0 saturated carbocycles. The maximum atomic E-state index is 14.0. The van der Waals surface area contributed by atoms with Crippen molar-refractivity contribution in [1.29, 1.82) is 0 Å². The topological polar surface area (TPSA) is 69.0 Å². The Morgan fingerprint density at radius 1 is 0.957 bits per heavy atom. The molecule has 0 unspecified atom stereocenters. The van der Waals surface area contributed by atoms with E-state index in [0.717, 1.165) is 29.7 Å². The van der Waals surface area contributed by atoms with Crippen LogP contribution in [0.25, 0.3) is 5.52 Å². The second-order valence-electron chi connectivity index (χ2n) is 13.5. The van der Waals surface area contributed by atoms with Gasteiger partial charge in [0.2, 0.25) is 0 Å². The monoisotopic (exact) mass is 652 g/mol. The Labute approximate surface area is 277 Å².